The van der Waals surface area contributed by atoms with Crippen LogP contribution in [0.15, 0.2) is 18.2 Å². The van der Waals surface area contributed by atoms with Crippen LogP contribution in [0.2, 0.25) is 0 Å². The lowest BCUT2D eigenvalue weighted by Crippen LogP contribution is -2.40. The van der Waals surface area contributed by atoms with Gasteiger partial charge in [0.25, 0.3) is 0 Å². The molecule has 6 heteroatoms. The molecule has 1 aromatic carbocycles. The molecule has 0 aromatic heterocycles. The zero-order valence-electron chi connectivity index (χ0n) is 11.0. The Kier molecular flexibility index (Phi) is 4.32. The minimum atomic E-state index is -4.82. The molecule has 1 amide bonds. The third kappa shape index (κ3) is 3.12. The molecule has 1 aliphatic heterocycles. The number of nitrogens with zero attached hydrogens (tertiary/aromatic N) is 1. The van der Waals surface area contributed by atoms with Crippen LogP contribution in [-0.2, 0) is 17.6 Å². The summed E-state index contributed by atoms with van der Waals surface area (Å²) < 4.78 is 37.4. The molecule has 0 bridgehead atoms. The number of anilines is 1. The summed E-state index contributed by atoms with van der Waals surface area (Å²) in [7, 11) is 0. The Morgan fingerprint density at radius 1 is 1.30 bits per heavy atom. The van der Waals surface area contributed by atoms with Crippen LogP contribution < -0.4 is 10.6 Å². The standard InChI is InChI=1S/C14H17F3N2O/c15-14(16,17)13(20)19-8-6-11-9-10(3-1-2-7-18)4-5-12(11)19/h4-5,9H,1-3,6-8,18H2. The van der Waals surface area contributed by atoms with Crippen LogP contribution in [0, 0.1) is 0 Å². The number of rotatable bonds is 4. The molecule has 1 aliphatic rings. The van der Waals surface area contributed by atoms with E-state index in [1.807, 2.05) is 6.07 Å². The van der Waals surface area contributed by atoms with Gasteiger partial charge in [0.1, 0.15) is 0 Å². The Balaban J connectivity index is 2.12. The van der Waals surface area contributed by atoms with Gasteiger partial charge in [-0.3, -0.25) is 4.79 Å². The Morgan fingerprint density at radius 2 is 2.05 bits per heavy atom. The topological polar surface area (TPSA) is 46.3 Å². The Morgan fingerprint density at radius 3 is 2.70 bits per heavy atom. The van der Waals surface area contributed by atoms with Crippen molar-refractivity contribution in [2.75, 3.05) is 18.0 Å². The third-order valence-corrected chi connectivity index (χ3v) is 3.45. The molecule has 1 aromatic rings. The van der Waals surface area contributed by atoms with E-state index in [0.717, 1.165) is 35.3 Å². The number of alkyl halides is 3. The number of halogens is 3. The summed E-state index contributed by atoms with van der Waals surface area (Å²) in [6.07, 6.45) is -1.60. The zero-order chi connectivity index (χ0) is 14.8. The fourth-order valence-corrected chi connectivity index (χ4v) is 2.45. The average Bonchev–Trinajstić information content (AvgIpc) is 2.80. The van der Waals surface area contributed by atoms with Crippen molar-refractivity contribution in [3.05, 3.63) is 29.3 Å². The molecule has 0 spiro atoms. The summed E-state index contributed by atoms with van der Waals surface area (Å²) in [5, 5.41) is 0. The maximum Gasteiger partial charge on any atom is 0.471 e. The van der Waals surface area contributed by atoms with Crippen LogP contribution >= 0.6 is 0 Å². The van der Waals surface area contributed by atoms with Crippen LogP contribution in [0.1, 0.15) is 24.0 Å². The van der Waals surface area contributed by atoms with Crippen LogP contribution in [0.25, 0.3) is 0 Å². The van der Waals surface area contributed by atoms with Gasteiger partial charge in [-0.1, -0.05) is 12.1 Å². The lowest BCUT2D eigenvalue weighted by molar-refractivity contribution is -0.170. The van der Waals surface area contributed by atoms with Gasteiger partial charge in [0.05, 0.1) is 0 Å². The number of carbonyl (C=O) groups is 1. The van der Waals surface area contributed by atoms with Crippen LogP contribution in [-0.4, -0.2) is 25.2 Å². The maximum atomic E-state index is 12.5. The molecule has 0 radical (unpaired) electrons. The van der Waals surface area contributed by atoms with Crippen molar-refractivity contribution in [1.29, 1.82) is 0 Å². The highest BCUT2D eigenvalue weighted by Crippen LogP contribution is 2.32. The van der Waals surface area contributed by atoms with Crippen molar-refractivity contribution >= 4 is 11.6 Å². The zero-order valence-corrected chi connectivity index (χ0v) is 11.0. The van der Waals surface area contributed by atoms with Crippen molar-refractivity contribution in [2.24, 2.45) is 5.73 Å². The normalized spacial score (nSPS) is 14.5. The summed E-state index contributed by atoms with van der Waals surface area (Å²) in [6.45, 7) is 0.735. The number of nitrogens with two attached hydrogens (primary N) is 1. The van der Waals surface area contributed by atoms with Gasteiger partial charge in [0, 0.05) is 12.2 Å². The lowest BCUT2D eigenvalue weighted by atomic mass is 10.0. The first kappa shape index (κ1) is 14.8. The van der Waals surface area contributed by atoms with Crippen LogP contribution in [0.5, 0.6) is 0 Å². The van der Waals surface area contributed by atoms with Gasteiger partial charge < -0.3 is 10.6 Å². The van der Waals surface area contributed by atoms with Crippen LogP contribution in [0.4, 0.5) is 18.9 Å². The quantitative estimate of drug-likeness (QED) is 0.864. The minimum absolute atomic E-state index is 0.0972. The molecule has 0 saturated carbocycles. The predicted octanol–water partition coefficient (Wildman–Crippen LogP) is 2.42. The molecule has 110 valence electrons. The molecule has 0 unspecified atom stereocenters. The fourth-order valence-electron chi connectivity index (χ4n) is 2.45. The molecular weight excluding hydrogens is 269 g/mol. The Labute approximate surface area is 115 Å². The predicted molar refractivity (Wildman–Crippen MR) is 70.5 cm³/mol. The van der Waals surface area contributed by atoms with Crippen molar-refractivity contribution < 1.29 is 18.0 Å². The van der Waals surface area contributed by atoms with E-state index < -0.39 is 12.1 Å². The van der Waals surface area contributed by atoms with Crippen molar-refractivity contribution in [3.63, 3.8) is 0 Å². The summed E-state index contributed by atoms with van der Waals surface area (Å²) in [5.41, 5.74) is 7.70. The molecule has 2 N–H and O–H groups in total. The first-order chi connectivity index (χ1) is 9.43. The van der Waals surface area contributed by atoms with Gasteiger partial charge in [0.15, 0.2) is 0 Å². The average molecular weight is 286 g/mol. The van der Waals surface area contributed by atoms with Gasteiger partial charge >= 0.3 is 12.1 Å². The van der Waals surface area contributed by atoms with Gasteiger partial charge in [-0.15, -0.1) is 0 Å². The second-order valence-corrected chi connectivity index (χ2v) is 4.91. The van der Waals surface area contributed by atoms with Crippen molar-refractivity contribution in [1.82, 2.24) is 0 Å². The third-order valence-electron chi connectivity index (χ3n) is 3.45. The van der Waals surface area contributed by atoms with Gasteiger partial charge in [-0.05, 0) is 49.4 Å². The fraction of sp³-hybridized carbons (Fsp3) is 0.500. The summed E-state index contributed by atoms with van der Waals surface area (Å²) in [5.74, 6) is -1.79. The Bertz CT molecular complexity index is 500. The molecule has 0 fully saturated rings. The maximum absolute atomic E-state index is 12.5. The smallest absolute Gasteiger partial charge is 0.330 e. The summed E-state index contributed by atoms with van der Waals surface area (Å²) in [6, 6.07) is 5.30. The van der Waals surface area contributed by atoms with E-state index in [4.69, 9.17) is 5.73 Å². The number of amides is 1. The number of fused-ring (bicyclic) bond motifs is 1. The van der Waals surface area contributed by atoms with E-state index in [-0.39, 0.29) is 6.54 Å². The molecule has 1 heterocycles. The van der Waals surface area contributed by atoms with Gasteiger partial charge in [-0.2, -0.15) is 13.2 Å². The SMILES string of the molecule is NCCCCc1ccc2c(c1)CCN2C(=O)C(F)(F)F. The molecule has 20 heavy (non-hydrogen) atoms. The number of carbonyl (C=O) groups excluding carboxylic acids is 1. The highest BCUT2D eigenvalue weighted by atomic mass is 19.4. The number of aryl methyl sites for hydroxylation is 1. The largest absolute Gasteiger partial charge is 0.471 e. The van der Waals surface area contributed by atoms with E-state index in [1.165, 1.54) is 0 Å². The van der Waals surface area contributed by atoms with E-state index in [9.17, 15) is 18.0 Å². The second-order valence-electron chi connectivity index (χ2n) is 4.91. The monoisotopic (exact) mass is 286 g/mol. The number of hydrogen-bond acceptors (Lipinski definition) is 2. The molecule has 0 aliphatic carbocycles. The van der Waals surface area contributed by atoms with Crippen molar-refractivity contribution in [3.8, 4) is 0 Å². The Hall–Kier alpha value is -1.56. The summed E-state index contributed by atoms with van der Waals surface area (Å²) >= 11 is 0. The molecule has 2 rings (SSSR count). The van der Waals surface area contributed by atoms with Crippen LogP contribution in [0.3, 0.4) is 0 Å². The van der Waals surface area contributed by atoms with Crippen molar-refractivity contribution in [2.45, 2.75) is 31.9 Å². The lowest BCUT2D eigenvalue weighted by Gasteiger charge is -2.18. The van der Waals surface area contributed by atoms with E-state index in [0.29, 0.717) is 18.7 Å². The minimum Gasteiger partial charge on any atom is -0.330 e. The highest BCUT2D eigenvalue weighted by Gasteiger charge is 2.44. The molecule has 3 nitrogen and oxygen atoms in total. The number of hydrogen-bond donors (Lipinski definition) is 1. The summed E-state index contributed by atoms with van der Waals surface area (Å²) in [4.78, 5) is 12.1. The number of benzene rings is 1. The highest BCUT2D eigenvalue weighted by molar-refractivity contribution is 5.99. The molecule has 0 atom stereocenters. The second kappa shape index (κ2) is 5.83. The van der Waals surface area contributed by atoms with Gasteiger partial charge in [-0.25, -0.2) is 0 Å². The van der Waals surface area contributed by atoms with E-state index in [2.05, 4.69) is 0 Å². The first-order valence-corrected chi connectivity index (χ1v) is 6.64. The first-order valence-electron chi connectivity index (χ1n) is 6.64. The molecule has 0 saturated heterocycles. The van der Waals surface area contributed by atoms with E-state index in [1.54, 1.807) is 12.1 Å². The van der Waals surface area contributed by atoms with E-state index >= 15 is 0 Å². The van der Waals surface area contributed by atoms with Gasteiger partial charge in [0.2, 0.25) is 0 Å². The molecular formula is C14H17F3N2O. The number of unbranched alkanes of at least 4 members (excludes halogenated alkanes) is 1.